The highest BCUT2D eigenvalue weighted by molar-refractivity contribution is 5.38. The second-order valence-corrected chi connectivity index (χ2v) is 9.04. The molecule has 0 N–H and O–H groups in total. The van der Waals surface area contributed by atoms with Gasteiger partial charge in [-0.3, -0.25) is 19.9 Å². The first-order valence-corrected chi connectivity index (χ1v) is 12.2. The van der Waals surface area contributed by atoms with Gasteiger partial charge in [0.1, 0.15) is 12.4 Å². The second kappa shape index (κ2) is 11.2. The van der Waals surface area contributed by atoms with E-state index >= 15 is 0 Å². The maximum absolute atomic E-state index is 11.0. The molecule has 6 heteroatoms. The molecule has 0 bridgehead atoms. The van der Waals surface area contributed by atoms with Gasteiger partial charge >= 0.3 is 0 Å². The molecule has 0 atom stereocenters. The van der Waals surface area contributed by atoms with Crippen molar-refractivity contribution < 1.29 is 9.66 Å². The number of hydrogen-bond donors (Lipinski definition) is 0. The number of non-ortho nitro benzene ring substituents is 1. The summed E-state index contributed by atoms with van der Waals surface area (Å²) in [5.74, 6) is 0.832. The molecule has 4 aromatic carbocycles. The zero-order chi connectivity index (χ0) is 24.7. The fourth-order valence-corrected chi connectivity index (χ4v) is 4.79. The SMILES string of the molecule is O=[N+]([O-])c1ccc(COc2ccccc2C2N(Cc3ccccc3)CCN2Cc2ccccc2)cc1. The summed E-state index contributed by atoms with van der Waals surface area (Å²) in [5.41, 5.74) is 4.67. The number of ether oxygens (including phenoxy) is 1. The number of para-hydroxylation sites is 1. The molecular formula is C30H29N3O3. The molecule has 0 saturated carbocycles. The number of nitro groups is 1. The average Bonchev–Trinajstić information content (AvgIpc) is 3.30. The minimum Gasteiger partial charge on any atom is -0.489 e. The van der Waals surface area contributed by atoms with Crippen LogP contribution in [0.2, 0.25) is 0 Å². The van der Waals surface area contributed by atoms with Crippen LogP contribution >= 0.6 is 0 Å². The van der Waals surface area contributed by atoms with Crippen LogP contribution in [0.1, 0.15) is 28.4 Å². The summed E-state index contributed by atoms with van der Waals surface area (Å²) in [7, 11) is 0. The minimum absolute atomic E-state index is 0.0680. The van der Waals surface area contributed by atoms with Crippen LogP contribution in [0.5, 0.6) is 5.75 Å². The van der Waals surface area contributed by atoms with E-state index in [2.05, 4.69) is 70.5 Å². The van der Waals surface area contributed by atoms with Gasteiger partial charge in [0.05, 0.1) is 11.1 Å². The molecule has 5 rings (SSSR count). The third-order valence-corrected chi connectivity index (χ3v) is 6.56. The summed E-state index contributed by atoms with van der Waals surface area (Å²) in [6, 6.07) is 35.9. The molecule has 6 nitrogen and oxygen atoms in total. The van der Waals surface area contributed by atoms with Gasteiger partial charge in [-0.1, -0.05) is 78.9 Å². The van der Waals surface area contributed by atoms with Gasteiger partial charge in [-0.25, -0.2) is 0 Å². The summed E-state index contributed by atoms with van der Waals surface area (Å²) in [4.78, 5) is 15.6. The molecule has 1 aliphatic rings. The molecule has 1 saturated heterocycles. The first-order chi connectivity index (χ1) is 17.7. The number of nitrogens with zero attached hydrogens (tertiary/aromatic N) is 3. The Bertz CT molecular complexity index is 1230. The molecule has 1 heterocycles. The Morgan fingerprint density at radius 3 is 1.78 bits per heavy atom. The van der Waals surface area contributed by atoms with Gasteiger partial charge in [0.2, 0.25) is 0 Å². The highest BCUT2D eigenvalue weighted by atomic mass is 16.6. The summed E-state index contributed by atoms with van der Waals surface area (Å²) in [6.45, 7) is 3.98. The van der Waals surface area contributed by atoms with Crippen LogP contribution in [0.4, 0.5) is 5.69 Å². The summed E-state index contributed by atoms with van der Waals surface area (Å²) in [5, 5.41) is 11.0. The van der Waals surface area contributed by atoms with Gasteiger partial charge in [0.15, 0.2) is 0 Å². The molecule has 0 radical (unpaired) electrons. The predicted octanol–water partition coefficient (Wildman–Crippen LogP) is 6.19. The number of benzene rings is 4. The zero-order valence-electron chi connectivity index (χ0n) is 20.1. The van der Waals surface area contributed by atoms with Crippen LogP contribution in [0, 0.1) is 10.1 Å². The first-order valence-electron chi connectivity index (χ1n) is 12.2. The van der Waals surface area contributed by atoms with Crippen LogP contribution in [-0.4, -0.2) is 27.8 Å². The van der Waals surface area contributed by atoms with E-state index in [1.165, 1.54) is 23.3 Å². The van der Waals surface area contributed by atoms with E-state index in [-0.39, 0.29) is 16.8 Å². The highest BCUT2D eigenvalue weighted by Crippen LogP contribution is 2.37. The monoisotopic (exact) mass is 479 g/mol. The van der Waals surface area contributed by atoms with Crippen molar-refractivity contribution in [1.29, 1.82) is 0 Å². The van der Waals surface area contributed by atoms with Gasteiger partial charge in [0.25, 0.3) is 5.69 Å². The summed E-state index contributed by atoms with van der Waals surface area (Å²) >= 11 is 0. The van der Waals surface area contributed by atoms with Crippen LogP contribution in [0.25, 0.3) is 0 Å². The number of nitro benzene ring substituents is 1. The van der Waals surface area contributed by atoms with Crippen molar-refractivity contribution in [3.63, 3.8) is 0 Å². The lowest BCUT2D eigenvalue weighted by atomic mass is 10.1. The maximum Gasteiger partial charge on any atom is 0.269 e. The normalized spacial score (nSPS) is 14.7. The zero-order valence-corrected chi connectivity index (χ0v) is 20.1. The molecule has 0 unspecified atom stereocenters. The van der Waals surface area contributed by atoms with Crippen molar-refractivity contribution in [2.75, 3.05) is 13.1 Å². The van der Waals surface area contributed by atoms with Crippen LogP contribution in [0.15, 0.2) is 109 Å². The Morgan fingerprint density at radius 2 is 1.22 bits per heavy atom. The van der Waals surface area contributed by atoms with Crippen LogP contribution in [-0.2, 0) is 19.7 Å². The Hall–Kier alpha value is -4.00. The molecule has 0 aromatic heterocycles. The van der Waals surface area contributed by atoms with Gasteiger partial charge in [0, 0.05) is 43.9 Å². The largest absolute Gasteiger partial charge is 0.489 e. The Labute approximate surface area is 211 Å². The minimum atomic E-state index is -0.386. The van der Waals surface area contributed by atoms with E-state index in [9.17, 15) is 10.1 Å². The van der Waals surface area contributed by atoms with Gasteiger partial charge in [-0.15, -0.1) is 0 Å². The lowest BCUT2D eigenvalue weighted by molar-refractivity contribution is -0.384. The third kappa shape index (κ3) is 5.62. The second-order valence-electron chi connectivity index (χ2n) is 9.04. The maximum atomic E-state index is 11.0. The fourth-order valence-electron chi connectivity index (χ4n) is 4.79. The molecule has 0 spiro atoms. The van der Waals surface area contributed by atoms with E-state index < -0.39 is 0 Å². The highest BCUT2D eigenvalue weighted by Gasteiger charge is 2.35. The smallest absolute Gasteiger partial charge is 0.269 e. The van der Waals surface area contributed by atoms with Crippen molar-refractivity contribution in [1.82, 2.24) is 9.80 Å². The van der Waals surface area contributed by atoms with E-state index in [1.54, 1.807) is 12.1 Å². The topological polar surface area (TPSA) is 58.9 Å². The standard InChI is InChI=1S/C30H29N3O3/c34-33(35)27-17-15-26(16-18-27)23-36-29-14-8-7-13-28(29)30-31(21-24-9-3-1-4-10-24)19-20-32(30)22-25-11-5-2-6-12-25/h1-18,30H,19-23H2. The van der Waals surface area contributed by atoms with Gasteiger partial charge < -0.3 is 4.74 Å². The van der Waals surface area contributed by atoms with Crippen molar-refractivity contribution in [3.05, 3.63) is 142 Å². The fraction of sp³-hybridized carbons (Fsp3) is 0.200. The molecule has 0 aliphatic carbocycles. The average molecular weight is 480 g/mol. The van der Waals surface area contributed by atoms with E-state index in [1.807, 2.05) is 24.3 Å². The summed E-state index contributed by atoms with van der Waals surface area (Å²) < 4.78 is 6.31. The lowest BCUT2D eigenvalue weighted by Gasteiger charge is -2.32. The Morgan fingerprint density at radius 1 is 0.694 bits per heavy atom. The number of hydrogen-bond acceptors (Lipinski definition) is 5. The molecule has 0 amide bonds. The van der Waals surface area contributed by atoms with Crippen LogP contribution in [0.3, 0.4) is 0 Å². The van der Waals surface area contributed by atoms with E-state index in [0.29, 0.717) is 6.61 Å². The molecule has 36 heavy (non-hydrogen) atoms. The predicted molar refractivity (Wildman–Crippen MR) is 140 cm³/mol. The number of rotatable bonds is 9. The third-order valence-electron chi connectivity index (χ3n) is 6.56. The molecule has 1 fully saturated rings. The molecular weight excluding hydrogens is 450 g/mol. The Kier molecular flexibility index (Phi) is 7.36. The Balaban J connectivity index is 1.41. The first kappa shape index (κ1) is 23.7. The van der Waals surface area contributed by atoms with Crippen molar-refractivity contribution in [3.8, 4) is 5.75 Å². The molecule has 1 aliphatic heterocycles. The quantitative estimate of drug-likeness (QED) is 0.212. The van der Waals surface area contributed by atoms with Crippen molar-refractivity contribution >= 4 is 5.69 Å². The van der Waals surface area contributed by atoms with Crippen LogP contribution < -0.4 is 4.74 Å². The summed E-state index contributed by atoms with van der Waals surface area (Å²) in [6.07, 6.45) is 0.0680. The van der Waals surface area contributed by atoms with Crippen molar-refractivity contribution in [2.45, 2.75) is 25.9 Å². The molecule has 182 valence electrons. The van der Waals surface area contributed by atoms with E-state index in [0.717, 1.165) is 43.1 Å². The van der Waals surface area contributed by atoms with Crippen molar-refractivity contribution in [2.24, 2.45) is 0 Å². The lowest BCUT2D eigenvalue weighted by Crippen LogP contribution is -2.31. The van der Waals surface area contributed by atoms with Gasteiger partial charge in [-0.05, 0) is 34.9 Å². The van der Waals surface area contributed by atoms with E-state index in [4.69, 9.17) is 4.74 Å². The molecule has 4 aromatic rings. The van der Waals surface area contributed by atoms with Gasteiger partial charge in [-0.2, -0.15) is 0 Å².